The predicted octanol–water partition coefficient (Wildman–Crippen LogP) is 4.10. The second kappa shape index (κ2) is 10.9. The number of carbonyl (C=O) groups excluding carboxylic acids is 1. The maximum Gasteiger partial charge on any atom is 0.343 e. The highest BCUT2D eigenvalue weighted by Crippen LogP contribution is 2.39. The molecule has 1 amide bonds. The molecule has 0 unspecified atom stereocenters. The summed E-state index contributed by atoms with van der Waals surface area (Å²) in [6.07, 6.45) is 0. The number of carbonyl (C=O) groups is 1. The molecule has 3 aromatic rings. The summed E-state index contributed by atoms with van der Waals surface area (Å²) in [7, 11) is 0. The molecule has 2 aromatic carbocycles. The number of nitrogens with one attached hydrogen (secondary N) is 1. The number of aromatic hydroxyl groups is 1. The third-order valence-electron chi connectivity index (χ3n) is 5.97. The molecule has 0 aliphatic rings. The van der Waals surface area contributed by atoms with Gasteiger partial charge in [-0.3, -0.25) is 4.79 Å². The van der Waals surface area contributed by atoms with E-state index in [4.69, 9.17) is 4.42 Å². The molecule has 0 saturated carbocycles. The number of hydrogen-bond acceptors (Lipinski definition) is 6. The lowest BCUT2D eigenvalue weighted by Gasteiger charge is -2.32. The summed E-state index contributed by atoms with van der Waals surface area (Å²) in [4.78, 5) is 27.0. The normalized spacial score (nSPS) is 13.8. The van der Waals surface area contributed by atoms with Gasteiger partial charge in [-0.15, -0.1) is 0 Å². The molecule has 1 aromatic heterocycles. The summed E-state index contributed by atoms with van der Waals surface area (Å²) in [5, 5.41) is 16.1. The van der Waals surface area contributed by atoms with E-state index in [9.17, 15) is 14.7 Å². The molecule has 0 radical (unpaired) electrons. The Balaban J connectivity index is 2.28. The van der Waals surface area contributed by atoms with Crippen LogP contribution in [0.25, 0.3) is 11.0 Å². The van der Waals surface area contributed by atoms with Crippen LogP contribution in [0, 0.1) is 5.92 Å². The van der Waals surface area contributed by atoms with Crippen molar-refractivity contribution in [1.29, 1.82) is 0 Å². The maximum absolute atomic E-state index is 13.2. The van der Waals surface area contributed by atoms with Crippen molar-refractivity contribution in [2.24, 2.45) is 11.0 Å². The van der Waals surface area contributed by atoms with Gasteiger partial charge < -0.3 is 14.4 Å². The first kappa shape index (κ1) is 24.2. The number of nitrogens with zero attached hydrogens (tertiary/aromatic N) is 2. The lowest BCUT2D eigenvalue weighted by atomic mass is 9.78. The molecule has 3 rings (SSSR count). The Morgan fingerprint density at radius 2 is 1.70 bits per heavy atom. The molecule has 1 heterocycles. The van der Waals surface area contributed by atoms with E-state index in [0.717, 1.165) is 18.7 Å². The van der Waals surface area contributed by atoms with Gasteiger partial charge in [0.05, 0.1) is 10.9 Å². The van der Waals surface area contributed by atoms with E-state index in [2.05, 4.69) is 29.3 Å². The molecule has 0 spiro atoms. The highest BCUT2D eigenvalue weighted by molar-refractivity contribution is 5.89. The monoisotopic (exact) mass is 449 g/mol. The average Bonchev–Trinajstić information content (AvgIpc) is 2.82. The molecule has 33 heavy (non-hydrogen) atoms. The van der Waals surface area contributed by atoms with E-state index in [0.29, 0.717) is 23.2 Å². The predicted molar refractivity (Wildman–Crippen MR) is 131 cm³/mol. The number of para-hydroxylation sites is 1. The first-order valence-corrected chi connectivity index (χ1v) is 11.2. The van der Waals surface area contributed by atoms with Crippen molar-refractivity contribution in [3.63, 3.8) is 0 Å². The summed E-state index contributed by atoms with van der Waals surface area (Å²) in [6, 6.07) is 16.5. The Hall–Kier alpha value is -3.45. The Kier molecular flexibility index (Phi) is 8.01. The lowest BCUT2D eigenvalue weighted by molar-refractivity contribution is -0.118. The van der Waals surface area contributed by atoms with Gasteiger partial charge in [-0.05, 0) is 37.7 Å². The van der Waals surface area contributed by atoms with Crippen LogP contribution in [0.15, 0.2) is 68.9 Å². The van der Waals surface area contributed by atoms with Gasteiger partial charge in [-0.1, -0.05) is 56.3 Å². The third kappa shape index (κ3) is 5.49. The van der Waals surface area contributed by atoms with Crippen molar-refractivity contribution < 1.29 is 14.3 Å². The Morgan fingerprint density at radius 3 is 2.33 bits per heavy atom. The van der Waals surface area contributed by atoms with Crippen LogP contribution in [0.1, 0.15) is 44.7 Å². The highest BCUT2D eigenvalue weighted by Gasteiger charge is 2.34. The van der Waals surface area contributed by atoms with Gasteiger partial charge in [0.1, 0.15) is 11.3 Å². The number of benzene rings is 2. The van der Waals surface area contributed by atoms with Gasteiger partial charge in [0.2, 0.25) is 5.91 Å². The van der Waals surface area contributed by atoms with Crippen molar-refractivity contribution in [2.45, 2.75) is 33.6 Å². The Morgan fingerprint density at radius 1 is 1.06 bits per heavy atom. The average molecular weight is 450 g/mol. The zero-order valence-corrected chi connectivity index (χ0v) is 19.5. The molecular weight excluding hydrogens is 418 g/mol. The largest absolute Gasteiger partial charge is 0.507 e. The van der Waals surface area contributed by atoms with E-state index < -0.39 is 11.5 Å². The standard InChI is InChI=1S/C26H31N3O4/c1-5-29(6-2)16-21(17(3)27-28-18(4)30)23(19-12-8-7-9-13-19)24-25(31)20-14-10-11-15-22(20)33-26(24)32/h7-15,21,23,31H,5-6,16H2,1-4H3,(H,28,30)/b27-17-/t21-,23-/m0/s1. The summed E-state index contributed by atoms with van der Waals surface area (Å²) in [5.74, 6) is -1.22. The fourth-order valence-corrected chi connectivity index (χ4v) is 4.17. The van der Waals surface area contributed by atoms with E-state index >= 15 is 0 Å². The molecule has 0 fully saturated rings. The van der Waals surface area contributed by atoms with Crippen LogP contribution in [0.5, 0.6) is 5.75 Å². The number of amides is 1. The van der Waals surface area contributed by atoms with Crippen LogP contribution >= 0.6 is 0 Å². The van der Waals surface area contributed by atoms with Gasteiger partial charge in [0, 0.05) is 31.0 Å². The molecule has 2 atom stereocenters. The smallest absolute Gasteiger partial charge is 0.343 e. The first-order valence-electron chi connectivity index (χ1n) is 11.2. The number of fused-ring (bicyclic) bond motifs is 1. The zero-order valence-electron chi connectivity index (χ0n) is 19.5. The van der Waals surface area contributed by atoms with Crippen molar-refractivity contribution in [3.8, 4) is 5.75 Å². The fraction of sp³-hybridized carbons (Fsp3) is 0.346. The molecular formula is C26H31N3O4. The molecule has 2 N–H and O–H groups in total. The van der Waals surface area contributed by atoms with E-state index in [1.54, 1.807) is 24.3 Å². The van der Waals surface area contributed by atoms with Crippen molar-refractivity contribution >= 4 is 22.6 Å². The number of hydrogen-bond donors (Lipinski definition) is 2. The van der Waals surface area contributed by atoms with Crippen molar-refractivity contribution in [2.75, 3.05) is 19.6 Å². The van der Waals surface area contributed by atoms with Gasteiger partial charge in [0.15, 0.2) is 0 Å². The number of rotatable bonds is 9. The van der Waals surface area contributed by atoms with Gasteiger partial charge in [-0.2, -0.15) is 5.10 Å². The summed E-state index contributed by atoms with van der Waals surface area (Å²) >= 11 is 0. The Labute approximate surface area is 193 Å². The second-order valence-corrected chi connectivity index (χ2v) is 8.05. The molecule has 174 valence electrons. The van der Waals surface area contributed by atoms with E-state index in [1.807, 2.05) is 37.3 Å². The zero-order chi connectivity index (χ0) is 24.0. The topological polar surface area (TPSA) is 95.1 Å². The van der Waals surface area contributed by atoms with Crippen LogP contribution in [0.2, 0.25) is 0 Å². The number of hydrazone groups is 1. The molecule has 7 heteroatoms. The second-order valence-electron chi connectivity index (χ2n) is 8.05. The van der Waals surface area contributed by atoms with Crippen LogP contribution in [-0.4, -0.2) is 41.3 Å². The fourth-order valence-electron chi connectivity index (χ4n) is 4.17. The third-order valence-corrected chi connectivity index (χ3v) is 5.97. The van der Waals surface area contributed by atoms with Crippen molar-refractivity contribution in [3.05, 3.63) is 76.1 Å². The minimum atomic E-state index is -0.586. The Bertz CT molecular complexity index is 1180. The quantitative estimate of drug-likeness (QED) is 0.291. The summed E-state index contributed by atoms with van der Waals surface area (Å²) < 4.78 is 5.62. The van der Waals surface area contributed by atoms with Gasteiger partial charge in [-0.25, -0.2) is 10.2 Å². The van der Waals surface area contributed by atoms with Crippen LogP contribution in [0.3, 0.4) is 0 Å². The lowest BCUT2D eigenvalue weighted by Crippen LogP contribution is -2.38. The molecule has 0 aliphatic heterocycles. The molecule has 0 saturated heterocycles. The van der Waals surface area contributed by atoms with E-state index in [-0.39, 0.29) is 23.1 Å². The first-order chi connectivity index (χ1) is 15.9. The van der Waals surface area contributed by atoms with Crippen molar-refractivity contribution in [1.82, 2.24) is 10.3 Å². The van der Waals surface area contributed by atoms with Crippen LogP contribution in [-0.2, 0) is 4.79 Å². The SMILES string of the molecule is CCN(CC)C[C@@H](/C(C)=N\NC(C)=O)[C@H](c1ccccc1)c1c(O)c2ccccc2oc1=O. The van der Waals surface area contributed by atoms with E-state index in [1.165, 1.54) is 6.92 Å². The summed E-state index contributed by atoms with van der Waals surface area (Å²) in [5.41, 5.74) is 3.96. The maximum atomic E-state index is 13.2. The minimum Gasteiger partial charge on any atom is -0.507 e. The molecule has 0 bridgehead atoms. The minimum absolute atomic E-state index is 0.0902. The summed E-state index contributed by atoms with van der Waals surface area (Å²) in [6.45, 7) is 9.56. The molecule has 0 aliphatic carbocycles. The van der Waals surface area contributed by atoms with Gasteiger partial charge in [0.25, 0.3) is 0 Å². The van der Waals surface area contributed by atoms with Crippen LogP contribution in [0.4, 0.5) is 0 Å². The highest BCUT2D eigenvalue weighted by atomic mass is 16.4. The van der Waals surface area contributed by atoms with Gasteiger partial charge >= 0.3 is 5.63 Å². The van der Waals surface area contributed by atoms with Crippen LogP contribution < -0.4 is 11.1 Å². The molecule has 7 nitrogen and oxygen atoms in total.